The summed E-state index contributed by atoms with van der Waals surface area (Å²) in [5.41, 5.74) is -0.134. The minimum atomic E-state index is -1.11. The van der Waals surface area contributed by atoms with E-state index >= 15 is 0 Å². The molecule has 0 aromatic heterocycles. The third kappa shape index (κ3) is 5.72. The summed E-state index contributed by atoms with van der Waals surface area (Å²) in [6.07, 6.45) is 0. The summed E-state index contributed by atoms with van der Waals surface area (Å²) in [4.78, 5) is 20.5. The minimum absolute atomic E-state index is 0. The topological polar surface area (TPSA) is 115 Å². The summed E-state index contributed by atoms with van der Waals surface area (Å²) in [6, 6.07) is 11.6. The van der Waals surface area contributed by atoms with Gasteiger partial charge in [-0.1, -0.05) is 24.3 Å². The fraction of sp³-hybridized carbons (Fsp3) is 0. The Labute approximate surface area is 136 Å². The van der Waals surface area contributed by atoms with Gasteiger partial charge in [0, 0.05) is 0 Å². The molecule has 0 bridgehead atoms. The molecule has 0 aliphatic heterocycles. The second-order valence-electron chi connectivity index (χ2n) is 3.64. The molecule has 21 heavy (non-hydrogen) atoms. The Bertz CT molecular complexity index is 571. The molecule has 0 saturated carbocycles. The van der Waals surface area contributed by atoms with Gasteiger partial charge in [-0.3, -0.25) is 0 Å². The van der Waals surface area contributed by atoms with Gasteiger partial charge in [0.05, 0.1) is 0 Å². The van der Waals surface area contributed by atoms with E-state index in [1.165, 1.54) is 24.3 Å². The van der Waals surface area contributed by atoms with Crippen molar-refractivity contribution in [1.29, 1.82) is 0 Å². The van der Waals surface area contributed by atoms with Crippen LogP contribution in [0.3, 0.4) is 0 Å². The number of hydrogen-bond donors (Lipinski definition) is 4. The van der Waals surface area contributed by atoms with Crippen LogP contribution >= 0.6 is 0 Å². The average Bonchev–Trinajstić information content (AvgIpc) is 2.40. The molecule has 0 unspecified atom stereocenters. The molecule has 6 nitrogen and oxygen atoms in total. The van der Waals surface area contributed by atoms with Crippen LogP contribution in [0.5, 0.6) is 11.5 Å². The van der Waals surface area contributed by atoms with Crippen LogP contribution in [0.2, 0.25) is 0 Å². The summed E-state index contributed by atoms with van der Waals surface area (Å²) in [7, 11) is 0. The van der Waals surface area contributed by atoms with Crippen molar-refractivity contribution in [1.82, 2.24) is 0 Å². The standard InChI is InChI=1S/2C7H6O3.Mg/c2*8-6-4-2-1-3-5(6)7(9)10;/h2*1-4,8H,(H,9,10);/q;;+2. The van der Waals surface area contributed by atoms with Crippen LogP contribution in [0.1, 0.15) is 20.7 Å². The number of para-hydroxylation sites is 2. The summed E-state index contributed by atoms with van der Waals surface area (Å²) in [5, 5.41) is 34.6. The van der Waals surface area contributed by atoms with Crippen molar-refractivity contribution in [3.63, 3.8) is 0 Å². The first-order valence-corrected chi connectivity index (χ1v) is 5.46. The number of carbonyl (C=O) groups is 2. The van der Waals surface area contributed by atoms with E-state index in [1.54, 1.807) is 24.3 Å². The van der Waals surface area contributed by atoms with Crippen LogP contribution in [0, 0.1) is 0 Å². The van der Waals surface area contributed by atoms with Gasteiger partial charge in [0.25, 0.3) is 0 Å². The van der Waals surface area contributed by atoms with Crippen LogP contribution in [0.4, 0.5) is 0 Å². The molecule has 0 spiro atoms. The van der Waals surface area contributed by atoms with Crippen LogP contribution in [-0.4, -0.2) is 55.4 Å². The maximum absolute atomic E-state index is 10.3. The minimum Gasteiger partial charge on any atom is -0.507 e. The van der Waals surface area contributed by atoms with Crippen molar-refractivity contribution in [2.24, 2.45) is 0 Å². The van der Waals surface area contributed by atoms with Gasteiger partial charge < -0.3 is 20.4 Å². The molecule has 0 aliphatic rings. The Morgan fingerprint density at radius 1 is 0.667 bits per heavy atom. The molecule has 0 fully saturated rings. The first-order valence-electron chi connectivity index (χ1n) is 5.46. The van der Waals surface area contributed by atoms with Gasteiger partial charge in [-0.25, -0.2) is 9.59 Å². The second kappa shape index (κ2) is 8.83. The van der Waals surface area contributed by atoms with E-state index in [9.17, 15) is 9.59 Å². The van der Waals surface area contributed by atoms with E-state index < -0.39 is 11.9 Å². The number of aromatic carboxylic acids is 2. The van der Waals surface area contributed by atoms with E-state index in [1.807, 2.05) is 0 Å². The molecule has 2 aromatic carbocycles. The molecular weight excluding hydrogens is 288 g/mol. The fourth-order valence-corrected chi connectivity index (χ4v) is 1.31. The zero-order chi connectivity index (χ0) is 15.1. The Hall–Kier alpha value is -2.25. The monoisotopic (exact) mass is 300 g/mol. The first kappa shape index (κ1) is 18.7. The predicted octanol–water partition coefficient (Wildman–Crippen LogP) is 1.80. The SMILES string of the molecule is O=C(O)c1ccccc1O.O=C(O)c1ccccc1O.[Mg+2]. The van der Waals surface area contributed by atoms with E-state index in [2.05, 4.69) is 0 Å². The molecule has 0 amide bonds. The van der Waals surface area contributed by atoms with Gasteiger partial charge in [0.1, 0.15) is 22.6 Å². The van der Waals surface area contributed by atoms with Gasteiger partial charge in [-0.15, -0.1) is 0 Å². The van der Waals surface area contributed by atoms with Crippen molar-refractivity contribution < 1.29 is 30.0 Å². The summed E-state index contributed by atoms with van der Waals surface area (Å²) < 4.78 is 0. The first-order chi connectivity index (χ1) is 9.43. The maximum Gasteiger partial charge on any atom is 2.00 e. The molecular formula is C14H12MgO6+2. The fourth-order valence-electron chi connectivity index (χ4n) is 1.31. The van der Waals surface area contributed by atoms with Crippen LogP contribution in [0.25, 0.3) is 0 Å². The van der Waals surface area contributed by atoms with Crippen LogP contribution in [-0.2, 0) is 0 Å². The van der Waals surface area contributed by atoms with E-state index in [0.717, 1.165) is 0 Å². The van der Waals surface area contributed by atoms with E-state index in [4.69, 9.17) is 20.4 Å². The van der Waals surface area contributed by atoms with Gasteiger partial charge in [0.15, 0.2) is 0 Å². The number of phenols is 2. The Kier molecular flexibility index (Phi) is 7.88. The van der Waals surface area contributed by atoms with Gasteiger partial charge >= 0.3 is 35.0 Å². The van der Waals surface area contributed by atoms with Gasteiger partial charge in [0.2, 0.25) is 0 Å². The largest absolute Gasteiger partial charge is 2.00 e. The number of rotatable bonds is 2. The number of carboxylic acids is 2. The second-order valence-corrected chi connectivity index (χ2v) is 3.64. The quantitative estimate of drug-likeness (QED) is 0.629. The summed E-state index contributed by atoms with van der Waals surface area (Å²) >= 11 is 0. The number of aromatic hydroxyl groups is 2. The third-order valence-corrected chi connectivity index (χ3v) is 2.27. The molecule has 104 valence electrons. The van der Waals surface area contributed by atoms with Crippen molar-refractivity contribution >= 4 is 35.0 Å². The van der Waals surface area contributed by atoms with Crippen molar-refractivity contribution in [2.45, 2.75) is 0 Å². The molecule has 0 saturated heterocycles. The Morgan fingerprint density at radius 3 is 1.14 bits per heavy atom. The van der Waals surface area contributed by atoms with E-state index in [-0.39, 0.29) is 45.7 Å². The molecule has 0 heterocycles. The molecule has 7 heteroatoms. The van der Waals surface area contributed by atoms with Crippen LogP contribution in [0.15, 0.2) is 48.5 Å². The number of hydrogen-bond acceptors (Lipinski definition) is 4. The average molecular weight is 301 g/mol. The van der Waals surface area contributed by atoms with Crippen molar-refractivity contribution in [3.8, 4) is 11.5 Å². The maximum atomic E-state index is 10.3. The zero-order valence-electron chi connectivity index (χ0n) is 10.9. The predicted molar refractivity (Wildman–Crippen MR) is 75.9 cm³/mol. The van der Waals surface area contributed by atoms with E-state index in [0.29, 0.717) is 0 Å². The smallest absolute Gasteiger partial charge is 0.507 e. The zero-order valence-corrected chi connectivity index (χ0v) is 12.3. The molecule has 4 N–H and O–H groups in total. The Balaban J connectivity index is 0.000000364. The third-order valence-electron chi connectivity index (χ3n) is 2.27. The van der Waals surface area contributed by atoms with Crippen molar-refractivity contribution in [3.05, 3.63) is 59.7 Å². The van der Waals surface area contributed by atoms with Gasteiger partial charge in [-0.2, -0.15) is 0 Å². The molecule has 0 aliphatic carbocycles. The molecule has 0 radical (unpaired) electrons. The summed E-state index contributed by atoms with van der Waals surface area (Å²) in [5.74, 6) is -2.62. The van der Waals surface area contributed by atoms with Gasteiger partial charge in [-0.05, 0) is 24.3 Å². The normalized spacial score (nSPS) is 8.76. The molecule has 0 atom stereocenters. The van der Waals surface area contributed by atoms with Crippen LogP contribution < -0.4 is 0 Å². The van der Waals surface area contributed by atoms with Crippen molar-refractivity contribution in [2.75, 3.05) is 0 Å². The number of carboxylic acid groups (broad SMARTS) is 2. The molecule has 2 aromatic rings. The summed E-state index contributed by atoms with van der Waals surface area (Å²) in [6.45, 7) is 0. The number of benzene rings is 2. The Morgan fingerprint density at radius 2 is 0.952 bits per heavy atom. The molecule has 2 rings (SSSR count).